The summed E-state index contributed by atoms with van der Waals surface area (Å²) in [5, 5.41) is 5.71. The van der Waals surface area contributed by atoms with Crippen LogP contribution in [0.2, 0.25) is 0 Å². The number of alkyl halides is 6. The Kier molecular flexibility index (Phi) is 5.85. The summed E-state index contributed by atoms with van der Waals surface area (Å²) in [4.78, 5) is 8.19. The van der Waals surface area contributed by atoms with Crippen LogP contribution < -0.4 is 20.1 Å². The van der Waals surface area contributed by atoms with Crippen LogP contribution in [0.1, 0.15) is 0 Å². The summed E-state index contributed by atoms with van der Waals surface area (Å²) in [6, 6.07) is 10.1. The Labute approximate surface area is 165 Å². The lowest BCUT2D eigenvalue weighted by molar-refractivity contribution is -0.275. The quantitative estimate of drug-likeness (QED) is 0.485. The van der Waals surface area contributed by atoms with Crippen molar-refractivity contribution in [3.63, 3.8) is 0 Å². The predicted molar refractivity (Wildman–Crippen MR) is 94.8 cm³/mol. The van der Waals surface area contributed by atoms with E-state index in [9.17, 15) is 26.3 Å². The van der Waals surface area contributed by atoms with Crippen molar-refractivity contribution in [3.05, 3.63) is 60.9 Å². The van der Waals surface area contributed by atoms with Crippen molar-refractivity contribution in [2.24, 2.45) is 0 Å². The van der Waals surface area contributed by atoms with Crippen LogP contribution in [-0.2, 0) is 0 Å². The van der Waals surface area contributed by atoms with Gasteiger partial charge in [-0.25, -0.2) is 9.97 Å². The molecule has 0 atom stereocenters. The van der Waals surface area contributed by atoms with E-state index in [0.717, 1.165) is 24.3 Å². The number of anilines is 4. The summed E-state index contributed by atoms with van der Waals surface area (Å²) in [7, 11) is 0. The summed E-state index contributed by atoms with van der Waals surface area (Å²) in [5.74, 6) is -0.0754. The Morgan fingerprint density at radius 3 is 1.17 bits per heavy atom. The molecule has 1 aromatic heterocycles. The third-order valence-electron chi connectivity index (χ3n) is 3.37. The molecule has 2 aromatic carbocycles. The van der Waals surface area contributed by atoms with E-state index in [0.29, 0.717) is 23.0 Å². The summed E-state index contributed by atoms with van der Waals surface area (Å²) < 4.78 is 80.5. The number of halogens is 6. The number of hydrogen-bond donors (Lipinski definition) is 2. The van der Waals surface area contributed by atoms with Crippen LogP contribution in [0.25, 0.3) is 0 Å². The summed E-state index contributed by atoms with van der Waals surface area (Å²) in [6.07, 6.45) is -6.81. The number of aromatic nitrogens is 2. The van der Waals surface area contributed by atoms with Gasteiger partial charge in [0.15, 0.2) is 0 Å². The molecule has 3 aromatic rings. The second kappa shape index (κ2) is 8.35. The van der Waals surface area contributed by atoms with Crippen LogP contribution in [0, 0.1) is 0 Å². The average molecular weight is 430 g/mol. The van der Waals surface area contributed by atoms with Crippen molar-refractivity contribution >= 4 is 23.0 Å². The lowest BCUT2D eigenvalue weighted by atomic mass is 10.3. The minimum Gasteiger partial charge on any atom is -0.406 e. The molecule has 2 N–H and O–H groups in total. The first kappa shape index (κ1) is 21.0. The minimum atomic E-state index is -4.77. The minimum absolute atomic E-state index is 0.318. The smallest absolute Gasteiger partial charge is 0.406 e. The topological polar surface area (TPSA) is 68.3 Å². The Bertz CT molecular complexity index is 878. The van der Waals surface area contributed by atoms with Crippen molar-refractivity contribution in [1.82, 2.24) is 9.97 Å². The van der Waals surface area contributed by atoms with Gasteiger partial charge in [-0.15, -0.1) is 26.3 Å². The number of rotatable bonds is 6. The van der Waals surface area contributed by atoms with Gasteiger partial charge in [-0.1, -0.05) is 0 Å². The van der Waals surface area contributed by atoms with Gasteiger partial charge in [0, 0.05) is 11.4 Å². The molecule has 3 rings (SSSR count). The first-order chi connectivity index (χ1) is 14.1. The van der Waals surface area contributed by atoms with Crippen LogP contribution in [0.3, 0.4) is 0 Å². The van der Waals surface area contributed by atoms with Gasteiger partial charge in [0.1, 0.15) is 23.1 Å². The fourth-order valence-corrected chi connectivity index (χ4v) is 2.23. The van der Waals surface area contributed by atoms with Crippen molar-refractivity contribution in [2.75, 3.05) is 10.6 Å². The van der Waals surface area contributed by atoms with Gasteiger partial charge in [0.2, 0.25) is 0 Å². The second-order valence-corrected chi connectivity index (χ2v) is 5.68. The molecule has 0 amide bonds. The predicted octanol–water partition coefficient (Wildman–Crippen LogP) is 5.76. The fourth-order valence-electron chi connectivity index (χ4n) is 2.23. The van der Waals surface area contributed by atoms with E-state index >= 15 is 0 Å². The molecule has 0 saturated carbocycles. The summed E-state index contributed by atoms with van der Waals surface area (Å²) in [5.41, 5.74) is 0.916. The molecule has 158 valence electrons. The van der Waals surface area contributed by atoms with E-state index < -0.39 is 12.7 Å². The molecule has 0 unspecified atom stereocenters. The molecule has 0 bridgehead atoms. The van der Waals surface area contributed by atoms with Gasteiger partial charge < -0.3 is 20.1 Å². The molecular weight excluding hydrogens is 418 g/mol. The van der Waals surface area contributed by atoms with Gasteiger partial charge in [0.25, 0.3) is 0 Å². The maximum atomic E-state index is 12.2. The first-order valence-corrected chi connectivity index (χ1v) is 8.13. The molecule has 1 heterocycles. The maximum absolute atomic E-state index is 12.2. The molecule has 0 fully saturated rings. The number of benzene rings is 2. The van der Waals surface area contributed by atoms with Crippen LogP contribution in [-0.4, -0.2) is 22.7 Å². The third kappa shape index (κ3) is 6.72. The highest BCUT2D eigenvalue weighted by Gasteiger charge is 2.31. The average Bonchev–Trinajstić information content (AvgIpc) is 2.64. The van der Waals surface area contributed by atoms with E-state index in [1.165, 1.54) is 36.7 Å². The SMILES string of the molecule is FC(F)(F)Oc1ccc(Nc2cnc(Nc3ccc(OC(F)(F)F)cc3)cn2)cc1. The largest absolute Gasteiger partial charge is 0.573 e. The van der Waals surface area contributed by atoms with Gasteiger partial charge in [0.05, 0.1) is 12.4 Å². The van der Waals surface area contributed by atoms with Crippen molar-refractivity contribution < 1.29 is 35.8 Å². The van der Waals surface area contributed by atoms with Crippen LogP contribution in [0.5, 0.6) is 11.5 Å². The maximum Gasteiger partial charge on any atom is 0.573 e. The highest BCUT2D eigenvalue weighted by molar-refractivity contribution is 5.59. The molecule has 12 heteroatoms. The number of hydrogen-bond acceptors (Lipinski definition) is 6. The van der Waals surface area contributed by atoms with Gasteiger partial charge in [-0.3, -0.25) is 0 Å². The zero-order chi connectivity index (χ0) is 21.8. The zero-order valence-electron chi connectivity index (χ0n) is 14.8. The highest BCUT2D eigenvalue weighted by atomic mass is 19.4. The molecule has 0 aliphatic carbocycles. The first-order valence-electron chi connectivity index (χ1n) is 8.13. The van der Waals surface area contributed by atoms with E-state index in [1.54, 1.807) is 0 Å². The number of nitrogens with zero attached hydrogens (tertiary/aromatic N) is 2. The molecule has 0 aliphatic heterocycles. The molecule has 0 aliphatic rings. The standard InChI is InChI=1S/C18H12F6N4O2/c19-17(20,21)29-13-5-1-11(2-6-13)27-15-9-26-16(10-25-15)28-12-3-7-14(8-4-12)30-18(22,23)24/h1-10H,(H,25,27)(H,26,28). The molecule has 0 spiro atoms. The summed E-state index contributed by atoms with van der Waals surface area (Å²) in [6.45, 7) is 0. The van der Waals surface area contributed by atoms with Crippen molar-refractivity contribution in [3.8, 4) is 11.5 Å². The molecule has 6 nitrogen and oxygen atoms in total. The molecule has 0 saturated heterocycles. The molecule has 30 heavy (non-hydrogen) atoms. The van der Waals surface area contributed by atoms with E-state index in [-0.39, 0.29) is 11.5 Å². The van der Waals surface area contributed by atoms with Gasteiger partial charge in [-0.05, 0) is 48.5 Å². The fraction of sp³-hybridized carbons (Fsp3) is 0.111. The van der Waals surface area contributed by atoms with E-state index in [4.69, 9.17) is 0 Å². The summed E-state index contributed by atoms with van der Waals surface area (Å²) >= 11 is 0. The van der Waals surface area contributed by atoms with Gasteiger partial charge >= 0.3 is 12.7 Å². The Morgan fingerprint density at radius 2 is 0.900 bits per heavy atom. The third-order valence-corrected chi connectivity index (χ3v) is 3.37. The lowest BCUT2D eigenvalue weighted by Gasteiger charge is -2.11. The van der Waals surface area contributed by atoms with Crippen molar-refractivity contribution in [1.29, 1.82) is 0 Å². The van der Waals surface area contributed by atoms with Crippen LogP contribution >= 0.6 is 0 Å². The Balaban J connectivity index is 1.57. The van der Waals surface area contributed by atoms with Crippen LogP contribution in [0.4, 0.5) is 49.4 Å². The van der Waals surface area contributed by atoms with Crippen LogP contribution in [0.15, 0.2) is 60.9 Å². The molecule has 0 radical (unpaired) electrons. The normalized spacial score (nSPS) is 11.7. The van der Waals surface area contributed by atoms with Gasteiger partial charge in [-0.2, -0.15) is 0 Å². The van der Waals surface area contributed by atoms with E-state index in [1.807, 2.05) is 0 Å². The monoisotopic (exact) mass is 430 g/mol. The lowest BCUT2D eigenvalue weighted by Crippen LogP contribution is -2.17. The van der Waals surface area contributed by atoms with Crippen molar-refractivity contribution in [2.45, 2.75) is 12.7 Å². The number of nitrogens with one attached hydrogen (secondary N) is 2. The number of ether oxygens (including phenoxy) is 2. The highest BCUT2D eigenvalue weighted by Crippen LogP contribution is 2.26. The second-order valence-electron chi connectivity index (χ2n) is 5.68. The molecular formula is C18H12F6N4O2. The van der Waals surface area contributed by atoms with E-state index in [2.05, 4.69) is 30.1 Å². The zero-order valence-corrected chi connectivity index (χ0v) is 14.8. The Hall–Kier alpha value is -3.70. The Morgan fingerprint density at radius 1 is 0.567 bits per heavy atom.